The van der Waals surface area contributed by atoms with Gasteiger partial charge in [0, 0.05) is 36.1 Å². The molecule has 1 atom stereocenters. The van der Waals surface area contributed by atoms with Crippen LogP contribution in [0.3, 0.4) is 0 Å². The van der Waals surface area contributed by atoms with E-state index in [2.05, 4.69) is 39.6 Å². The zero-order valence-electron chi connectivity index (χ0n) is 15.6. The quantitative estimate of drug-likeness (QED) is 0.496. The molecule has 0 spiro atoms. The van der Waals surface area contributed by atoms with E-state index in [4.69, 9.17) is 4.74 Å². The number of pyridine rings is 1. The van der Waals surface area contributed by atoms with Crippen LogP contribution in [0.5, 0.6) is 0 Å². The van der Waals surface area contributed by atoms with Crippen LogP contribution in [0, 0.1) is 0 Å². The van der Waals surface area contributed by atoms with Gasteiger partial charge >= 0.3 is 0 Å². The lowest BCUT2D eigenvalue weighted by molar-refractivity contribution is 0.110. The number of hydrogen-bond donors (Lipinski definition) is 3. The second-order valence-electron chi connectivity index (χ2n) is 7.47. The van der Waals surface area contributed by atoms with Gasteiger partial charge in [0.1, 0.15) is 0 Å². The third-order valence-corrected chi connectivity index (χ3v) is 5.45. The Morgan fingerprint density at radius 1 is 1.00 bits per heavy atom. The number of nitrogens with one attached hydrogen (secondary N) is 3. The lowest BCUT2D eigenvalue weighted by Crippen LogP contribution is -2.25. The van der Waals surface area contributed by atoms with Gasteiger partial charge in [0.05, 0.1) is 17.4 Å². The predicted molar refractivity (Wildman–Crippen MR) is 113 cm³/mol. The molecule has 2 aromatic carbocycles. The van der Waals surface area contributed by atoms with Crippen molar-refractivity contribution in [3.63, 3.8) is 0 Å². The highest BCUT2D eigenvalue weighted by Gasteiger charge is 2.14. The summed E-state index contributed by atoms with van der Waals surface area (Å²) in [4.78, 5) is 18.9. The summed E-state index contributed by atoms with van der Waals surface area (Å²) in [5, 5.41) is 5.62. The van der Waals surface area contributed by atoms with Crippen molar-refractivity contribution in [3.8, 4) is 11.3 Å². The Morgan fingerprint density at radius 2 is 1.89 bits per heavy atom. The molecular formula is C23H23N3O2. The van der Waals surface area contributed by atoms with E-state index in [0.29, 0.717) is 11.7 Å². The van der Waals surface area contributed by atoms with Crippen molar-refractivity contribution in [3.05, 3.63) is 70.5 Å². The molecule has 5 heteroatoms. The van der Waals surface area contributed by atoms with Gasteiger partial charge in [0.2, 0.25) is 0 Å². The number of para-hydroxylation sites is 1. The van der Waals surface area contributed by atoms with Crippen molar-refractivity contribution >= 4 is 21.8 Å². The third-order valence-electron chi connectivity index (χ3n) is 5.45. The lowest BCUT2D eigenvalue weighted by Gasteiger charge is -2.10. The van der Waals surface area contributed by atoms with Crippen molar-refractivity contribution in [2.75, 3.05) is 13.2 Å². The van der Waals surface area contributed by atoms with Crippen LogP contribution in [0.15, 0.2) is 59.4 Å². The highest BCUT2D eigenvalue weighted by Crippen LogP contribution is 2.24. The molecule has 0 saturated carbocycles. The average Bonchev–Trinajstić information content (AvgIpc) is 3.36. The first kappa shape index (κ1) is 17.2. The summed E-state index contributed by atoms with van der Waals surface area (Å²) in [5.41, 5.74) is 4.53. The molecule has 1 unspecified atom stereocenters. The van der Waals surface area contributed by atoms with Gasteiger partial charge in [0.25, 0.3) is 5.56 Å². The van der Waals surface area contributed by atoms with Crippen LogP contribution in [0.1, 0.15) is 18.4 Å². The molecule has 1 fully saturated rings. The molecule has 0 bridgehead atoms. The summed E-state index contributed by atoms with van der Waals surface area (Å²) < 4.78 is 5.66. The fourth-order valence-corrected chi connectivity index (χ4v) is 3.97. The Hall–Kier alpha value is -2.89. The van der Waals surface area contributed by atoms with Crippen LogP contribution >= 0.6 is 0 Å². The van der Waals surface area contributed by atoms with E-state index in [9.17, 15) is 4.79 Å². The van der Waals surface area contributed by atoms with E-state index in [1.807, 2.05) is 30.3 Å². The van der Waals surface area contributed by atoms with Gasteiger partial charge in [-0.2, -0.15) is 0 Å². The van der Waals surface area contributed by atoms with Crippen LogP contribution < -0.4 is 10.9 Å². The van der Waals surface area contributed by atoms with Crippen LogP contribution in [0.4, 0.5) is 0 Å². The average molecular weight is 373 g/mol. The molecule has 5 nitrogen and oxygen atoms in total. The van der Waals surface area contributed by atoms with Crippen LogP contribution in [-0.2, 0) is 11.3 Å². The van der Waals surface area contributed by atoms with Gasteiger partial charge in [-0.3, -0.25) is 4.79 Å². The number of hydrogen-bond acceptors (Lipinski definition) is 3. The van der Waals surface area contributed by atoms with Gasteiger partial charge in [-0.05, 0) is 54.1 Å². The van der Waals surface area contributed by atoms with Crippen molar-refractivity contribution in [1.29, 1.82) is 0 Å². The van der Waals surface area contributed by atoms with E-state index >= 15 is 0 Å². The molecular weight excluding hydrogens is 350 g/mol. The van der Waals surface area contributed by atoms with Crippen molar-refractivity contribution in [1.82, 2.24) is 15.3 Å². The topological polar surface area (TPSA) is 69.9 Å². The monoisotopic (exact) mass is 373 g/mol. The summed E-state index contributed by atoms with van der Waals surface area (Å²) in [6.45, 7) is 2.59. The molecule has 4 aromatic rings. The maximum atomic E-state index is 12.5. The molecule has 1 aliphatic rings. The number of H-pyrrole nitrogens is 2. The highest BCUT2D eigenvalue weighted by atomic mass is 16.5. The zero-order chi connectivity index (χ0) is 18.9. The van der Waals surface area contributed by atoms with Gasteiger partial charge in [-0.25, -0.2) is 0 Å². The molecule has 0 aliphatic carbocycles. The molecule has 28 heavy (non-hydrogen) atoms. The number of aromatic nitrogens is 2. The molecule has 3 N–H and O–H groups in total. The molecule has 5 rings (SSSR count). The first-order chi connectivity index (χ1) is 13.8. The Labute approximate surface area is 162 Å². The van der Waals surface area contributed by atoms with Crippen molar-refractivity contribution in [2.45, 2.75) is 25.5 Å². The fourth-order valence-electron chi connectivity index (χ4n) is 3.97. The minimum absolute atomic E-state index is 0.0799. The van der Waals surface area contributed by atoms with E-state index in [1.165, 1.54) is 12.0 Å². The maximum Gasteiger partial charge on any atom is 0.257 e. The van der Waals surface area contributed by atoms with Crippen molar-refractivity contribution < 1.29 is 4.74 Å². The zero-order valence-corrected chi connectivity index (χ0v) is 15.6. The number of ether oxygens (including phenoxy) is 1. The van der Waals surface area contributed by atoms with Gasteiger partial charge in [-0.15, -0.1) is 0 Å². The summed E-state index contributed by atoms with van der Waals surface area (Å²) in [6, 6.07) is 18.2. The second kappa shape index (κ2) is 7.26. The van der Waals surface area contributed by atoms with Crippen LogP contribution in [0.2, 0.25) is 0 Å². The van der Waals surface area contributed by atoms with E-state index < -0.39 is 0 Å². The Bertz CT molecular complexity index is 1190. The smallest absolute Gasteiger partial charge is 0.257 e. The van der Waals surface area contributed by atoms with Crippen molar-refractivity contribution in [2.24, 2.45) is 0 Å². The number of aromatic amines is 2. The lowest BCUT2D eigenvalue weighted by atomic mass is 10.1. The van der Waals surface area contributed by atoms with E-state index in [0.717, 1.165) is 53.6 Å². The highest BCUT2D eigenvalue weighted by molar-refractivity contribution is 5.89. The van der Waals surface area contributed by atoms with E-state index in [-0.39, 0.29) is 5.56 Å². The van der Waals surface area contributed by atoms with Crippen LogP contribution in [-0.4, -0.2) is 29.2 Å². The Balaban J connectivity index is 1.40. The minimum atomic E-state index is -0.0799. The normalized spacial score (nSPS) is 16.9. The standard InChI is InChI=1S/C23H23N3O2/c27-23-19(11-16-4-1-2-6-20(16)26-23)22-12-17-10-15(7-8-21(17)25-22)13-24-14-18-5-3-9-28-18/h1-2,4,6-8,10-12,18,24-25H,3,5,9,13-14H2,(H,26,27). The maximum absolute atomic E-state index is 12.5. The first-order valence-electron chi connectivity index (χ1n) is 9.83. The molecule has 1 saturated heterocycles. The van der Waals surface area contributed by atoms with Gasteiger partial charge in [-0.1, -0.05) is 24.3 Å². The molecule has 142 valence electrons. The fraction of sp³-hybridized carbons (Fsp3) is 0.261. The molecule has 3 heterocycles. The third kappa shape index (κ3) is 3.35. The summed E-state index contributed by atoms with van der Waals surface area (Å²) in [6.07, 6.45) is 2.66. The molecule has 0 amide bonds. The summed E-state index contributed by atoms with van der Waals surface area (Å²) in [5.74, 6) is 0. The van der Waals surface area contributed by atoms with E-state index in [1.54, 1.807) is 0 Å². The largest absolute Gasteiger partial charge is 0.377 e. The molecule has 0 radical (unpaired) electrons. The summed E-state index contributed by atoms with van der Waals surface area (Å²) in [7, 11) is 0. The summed E-state index contributed by atoms with van der Waals surface area (Å²) >= 11 is 0. The van der Waals surface area contributed by atoms with Gasteiger partial charge in [0.15, 0.2) is 0 Å². The number of benzene rings is 2. The number of rotatable bonds is 5. The van der Waals surface area contributed by atoms with Crippen LogP contribution in [0.25, 0.3) is 33.1 Å². The Kier molecular flexibility index (Phi) is 4.47. The minimum Gasteiger partial charge on any atom is -0.377 e. The second-order valence-corrected chi connectivity index (χ2v) is 7.47. The molecule has 2 aromatic heterocycles. The molecule has 1 aliphatic heterocycles. The Morgan fingerprint density at radius 3 is 2.79 bits per heavy atom. The first-order valence-corrected chi connectivity index (χ1v) is 9.83. The SMILES string of the molecule is O=c1[nH]c2ccccc2cc1-c1cc2cc(CNCC3CCCO3)ccc2[nH]1. The number of fused-ring (bicyclic) bond motifs is 2. The van der Waals surface area contributed by atoms with Gasteiger partial charge < -0.3 is 20.0 Å². The predicted octanol–water partition coefficient (Wildman–Crippen LogP) is 3.95.